The third-order valence-corrected chi connectivity index (χ3v) is 3.37. The van der Waals surface area contributed by atoms with Crippen LogP contribution in [-0.4, -0.2) is 25.0 Å². The first-order valence-electron chi connectivity index (χ1n) is 8.23. The molecule has 0 aliphatic carbocycles. The smallest absolute Gasteiger partial charge is 0.319 e. The van der Waals surface area contributed by atoms with Crippen LogP contribution in [0.15, 0.2) is 48.5 Å². The number of hydrogen-bond acceptors (Lipinski definition) is 3. The average Bonchev–Trinajstić information content (AvgIpc) is 2.61. The summed E-state index contributed by atoms with van der Waals surface area (Å²) >= 11 is 0. The molecule has 0 atom stereocenters. The molecular formula is C19H23N3O3. The van der Waals surface area contributed by atoms with Crippen LogP contribution < -0.4 is 20.7 Å². The van der Waals surface area contributed by atoms with Crippen molar-refractivity contribution in [2.45, 2.75) is 20.3 Å². The fourth-order valence-electron chi connectivity index (χ4n) is 2.05. The number of ether oxygens (including phenoxy) is 1. The van der Waals surface area contributed by atoms with Crippen LogP contribution in [0.4, 0.5) is 10.5 Å². The Morgan fingerprint density at radius 2 is 1.72 bits per heavy atom. The molecule has 0 aliphatic rings. The summed E-state index contributed by atoms with van der Waals surface area (Å²) in [6, 6.07) is 14.3. The summed E-state index contributed by atoms with van der Waals surface area (Å²) < 4.78 is 5.82. The van der Waals surface area contributed by atoms with Gasteiger partial charge in [-0.1, -0.05) is 36.8 Å². The number of urea groups is 1. The van der Waals surface area contributed by atoms with Gasteiger partial charge in [0.05, 0.1) is 12.2 Å². The first kappa shape index (κ1) is 18.3. The number of carbonyl (C=O) groups is 2. The molecule has 0 saturated carbocycles. The zero-order valence-electron chi connectivity index (χ0n) is 14.5. The Morgan fingerprint density at radius 3 is 2.44 bits per heavy atom. The summed E-state index contributed by atoms with van der Waals surface area (Å²) in [6.45, 7) is 4.48. The summed E-state index contributed by atoms with van der Waals surface area (Å²) in [5.74, 6) is 0.984. The Bertz CT molecular complexity index is 714. The van der Waals surface area contributed by atoms with Gasteiger partial charge in [0.25, 0.3) is 0 Å². The molecule has 132 valence electrons. The maximum atomic E-state index is 12.0. The van der Waals surface area contributed by atoms with Crippen LogP contribution in [0.3, 0.4) is 0 Å². The largest absolute Gasteiger partial charge is 0.455 e. The van der Waals surface area contributed by atoms with Crippen LogP contribution in [0.2, 0.25) is 0 Å². The molecule has 2 aromatic carbocycles. The predicted molar refractivity (Wildman–Crippen MR) is 98.0 cm³/mol. The molecule has 0 heterocycles. The lowest BCUT2D eigenvalue weighted by atomic mass is 10.2. The molecule has 6 heteroatoms. The zero-order valence-corrected chi connectivity index (χ0v) is 14.5. The highest BCUT2D eigenvalue weighted by atomic mass is 16.5. The second-order valence-electron chi connectivity index (χ2n) is 5.57. The fourth-order valence-corrected chi connectivity index (χ4v) is 2.05. The second-order valence-corrected chi connectivity index (χ2v) is 5.57. The maximum Gasteiger partial charge on any atom is 0.319 e. The van der Waals surface area contributed by atoms with E-state index in [1.54, 1.807) is 18.2 Å². The summed E-state index contributed by atoms with van der Waals surface area (Å²) in [4.78, 5) is 23.5. The van der Waals surface area contributed by atoms with Gasteiger partial charge in [-0.3, -0.25) is 4.79 Å². The van der Waals surface area contributed by atoms with Crippen molar-refractivity contribution in [2.24, 2.45) is 0 Å². The third kappa shape index (κ3) is 6.18. The van der Waals surface area contributed by atoms with Crippen molar-refractivity contribution < 1.29 is 14.3 Å². The second kappa shape index (κ2) is 9.32. The van der Waals surface area contributed by atoms with E-state index in [0.717, 1.165) is 12.0 Å². The topological polar surface area (TPSA) is 79.5 Å². The highest BCUT2D eigenvalue weighted by Gasteiger charge is 2.09. The van der Waals surface area contributed by atoms with Crippen molar-refractivity contribution >= 4 is 17.6 Å². The summed E-state index contributed by atoms with van der Waals surface area (Å²) in [6.07, 6.45) is 0.849. The van der Waals surface area contributed by atoms with Gasteiger partial charge in [0.15, 0.2) is 5.75 Å². The molecule has 0 spiro atoms. The molecule has 25 heavy (non-hydrogen) atoms. The van der Waals surface area contributed by atoms with Gasteiger partial charge >= 0.3 is 6.03 Å². The van der Waals surface area contributed by atoms with Crippen molar-refractivity contribution in [2.75, 3.05) is 18.4 Å². The highest BCUT2D eigenvalue weighted by molar-refractivity contribution is 5.93. The van der Waals surface area contributed by atoms with E-state index in [4.69, 9.17) is 4.74 Å². The number of carbonyl (C=O) groups excluding carboxylic acids is 2. The minimum atomic E-state index is -0.466. The number of amides is 3. The van der Waals surface area contributed by atoms with Gasteiger partial charge in [-0.2, -0.15) is 0 Å². The van der Waals surface area contributed by atoms with E-state index >= 15 is 0 Å². The van der Waals surface area contributed by atoms with Crippen LogP contribution in [0, 0.1) is 6.92 Å². The maximum absolute atomic E-state index is 12.0. The van der Waals surface area contributed by atoms with E-state index < -0.39 is 6.03 Å². The molecule has 0 unspecified atom stereocenters. The van der Waals surface area contributed by atoms with Crippen LogP contribution in [-0.2, 0) is 4.79 Å². The lowest BCUT2D eigenvalue weighted by molar-refractivity contribution is -0.120. The van der Waals surface area contributed by atoms with Gasteiger partial charge in [0.1, 0.15) is 5.75 Å². The summed E-state index contributed by atoms with van der Waals surface area (Å²) in [7, 11) is 0. The molecule has 0 bridgehead atoms. The van der Waals surface area contributed by atoms with Crippen LogP contribution in [0.5, 0.6) is 11.5 Å². The highest BCUT2D eigenvalue weighted by Crippen LogP contribution is 2.29. The molecule has 0 fully saturated rings. The van der Waals surface area contributed by atoms with E-state index in [1.807, 2.05) is 44.2 Å². The predicted octanol–water partition coefficient (Wildman–Crippen LogP) is 3.44. The molecular weight excluding hydrogens is 318 g/mol. The van der Waals surface area contributed by atoms with Crippen LogP contribution in [0.1, 0.15) is 18.9 Å². The van der Waals surface area contributed by atoms with Crippen molar-refractivity contribution in [1.82, 2.24) is 10.6 Å². The molecule has 3 N–H and O–H groups in total. The number of benzene rings is 2. The zero-order chi connectivity index (χ0) is 18.1. The number of nitrogens with one attached hydrogen (secondary N) is 3. The lowest BCUT2D eigenvalue weighted by Gasteiger charge is -2.13. The number of anilines is 1. The molecule has 0 aliphatic heterocycles. The van der Waals surface area contributed by atoms with Gasteiger partial charge in [0.2, 0.25) is 5.91 Å². The molecule has 3 amide bonds. The van der Waals surface area contributed by atoms with E-state index in [9.17, 15) is 9.59 Å². The van der Waals surface area contributed by atoms with Gasteiger partial charge in [-0.05, 0) is 37.6 Å². The first-order chi connectivity index (χ1) is 12.1. The van der Waals surface area contributed by atoms with Crippen LogP contribution >= 0.6 is 0 Å². The molecule has 0 saturated heterocycles. The van der Waals surface area contributed by atoms with Gasteiger partial charge in [-0.25, -0.2) is 4.79 Å². The van der Waals surface area contributed by atoms with Crippen LogP contribution in [0.25, 0.3) is 0 Å². The summed E-state index contributed by atoms with van der Waals surface area (Å²) in [5.41, 5.74) is 1.66. The molecule has 2 rings (SSSR count). The Balaban J connectivity index is 1.94. The number of rotatable bonds is 7. The minimum absolute atomic E-state index is 0.0766. The Morgan fingerprint density at radius 1 is 1.00 bits per heavy atom. The first-order valence-corrected chi connectivity index (χ1v) is 8.23. The average molecular weight is 341 g/mol. The SMILES string of the molecule is CCCNC(=O)CNC(=O)Nc1ccccc1Oc1ccc(C)cc1. The number of para-hydroxylation sites is 2. The van der Waals surface area contributed by atoms with E-state index in [-0.39, 0.29) is 12.5 Å². The molecule has 0 aromatic heterocycles. The quantitative estimate of drug-likeness (QED) is 0.722. The van der Waals surface area contributed by atoms with Gasteiger partial charge in [0, 0.05) is 6.54 Å². The standard InChI is InChI=1S/C19H23N3O3/c1-3-12-20-18(23)13-21-19(24)22-16-6-4-5-7-17(16)25-15-10-8-14(2)9-11-15/h4-11H,3,12-13H2,1-2H3,(H,20,23)(H2,21,22,24). The third-order valence-electron chi connectivity index (χ3n) is 3.37. The van der Waals surface area contributed by atoms with Gasteiger partial charge < -0.3 is 20.7 Å². The van der Waals surface area contributed by atoms with E-state index in [0.29, 0.717) is 23.7 Å². The van der Waals surface area contributed by atoms with E-state index in [2.05, 4.69) is 16.0 Å². The van der Waals surface area contributed by atoms with Crippen molar-refractivity contribution in [3.63, 3.8) is 0 Å². The fraction of sp³-hybridized carbons (Fsp3) is 0.263. The van der Waals surface area contributed by atoms with Gasteiger partial charge in [-0.15, -0.1) is 0 Å². The minimum Gasteiger partial charge on any atom is -0.455 e. The van der Waals surface area contributed by atoms with E-state index in [1.165, 1.54) is 0 Å². The summed E-state index contributed by atoms with van der Waals surface area (Å²) in [5, 5.41) is 7.91. The molecule has 2 aromatic rings. The van der Waals surface area contributed by atoms with Crippen molar-refractivity contribution in [1.29, 1.82) is 0 Å². The molecule has 6 nitrogen and oxygen atoms in total. The Hall–Kier alpha value is -3.02. The lowest BCUT2D eigenvalue weighted by Crippen LogP contribution is -2.39. The number of aryl methyl sites for hydroxylation is 1. The Kier molecular flexibility index (Phi) is 6.83. The Labute approximate surface area is 147 Å². The monoisotopic (exact) mass is 341 g/mol. The molecule has 0 radical (unpaired) electrons. The number of hydrogen-bond donors (Lipinski definition) is 3. The normalized spacial score (nSPS) is 10.0. The van der Waals surface area contributed by atoms with Crippen molar-refractivity contribution in [3.05, 3.63) is 54.1 Å². The van der Waals surface area contributed by atoms with Crippen molar-refractivity contribution in [3.8, 4) is 11.5 Å².